The van der Waals surface area contributed by atoms with Gasteiger partial charge in [0.1, 0.15) is 11.5 Å². The van der Waals surface area contributed by atoms with Crippen LogP contribution < -0.4 is 10.2 Å². The molecule has 10 heteroatoms. The van der Waals surface area contributed by atoms with Gasteiger partial charge in [0.15, 0.2) is 16.0 Å². The fourth-order valence-corrected chi connectivity index (χ4v) is 5.74. The third-order valence-electron chi connectivity index (χ3n) is 5.58. The Kier molecular flexibility index (Phi) is 6.46. The Balaban J connectivity index is 1.43. The molecular weight excluding hydrogens is 484 g/mol. The maximum absolute atomic E-state index is 13.2. The highest BCUT2D eigenvalue weighted by molar-refractivity contribution is 7.22. The van der Waals surface area contributed by atoms with Crippen LogP contribution in [0.2, 0.25) is 0 Å². The Morgan fingerprint density at radius 1 is 1.17 bits per heavy atom. The van der Waals surface area contributed by atoms with Crippen LogP contribution in [0.25, 0.3) is 10.2 Å². The minimum absolute atomic E-state index is 0.126. The monoisotopic (exact) mass is 504 g/mol. The highest BCUT2D eigenvalue weighted by Gasteiger charge is 2.26. The number of aromatic nitrogens is 2. The van der Waals surface area contributed by atoms with E-state index in [0.717, 1.165) is 27.8 Å². The lowest BCUT2D eigenvalue weighted by Gasteiger charge is -2.29. The quantitative estimate of drug-likeness (QED) is 0.323. The first-order valence-corrected chi connectivity index (χ1v) is 12.4. The van der Waals surface area contributed by atoms with E-state index in [0.29, 0.717) is 33.8 Å². The smallest absolute Gasteiger partial charge is 0.358 e. The van der Waals surface area contributed by atoms with Crippen molar-refractivity contribution in [3.63, 3.8) is 0 Å². The van der Waals surface area contributed by atoms with Crippen molar-refractivity contribution in [3.05, 3.63) is 69.7 Å². The van der Waals surface area contributed by atoms with Gasteiger partial charge in [-0.25, -0.2) is 14.8 Å². The summed E-state index contributed by atoms with van der Waals surface area (Å²) in [5.74, 6) is 4.55. The van der Waals surface area contributed by atoms with Crippen molar-refractivity contribution in [2.45, 2.75) is 13.0 Å². The molecule has 2 aromatic heterocycles. The number of fused-ring (bicyclic) bond motifs is 2. The van der Waals surface area contributed by atoms with Gasteiger partial charge in [0.05, 0.1) is 17.3 Å². The Labute approximate surface area is 209 Å². The second-order valence-electron chi connectivity index (χ2n) is 7.68. The fourth-order valence-electron chi connectivity index (χ4n) is 3.93. The molecule has 0 saturated heterocycles. The Hall–Kier alpha value is -3.78. The number of aliphatic hydroxyl groups is 1. The first kappa shape index (κ1) is 23.0. The maximum Gasteiger partial charge on any atom is 0.358 e. The lowest BCUT2D eigenvalue weighted by atomic mass is 9.94. The molecule has 8 nitrogen and oxygen atoms in total. The molecule has 0 spiro atoms. The number of nitrogens with zero attached hydrogens (tertiary/aromatic N) is 3. The predicted octanol–water partition coefficient (Wildman–Crippen LogP) is 3.70. The van der Waals surface area contributed by atoms with Crippen molar-refractivity contribution < 1.29 is 19.4 Å². The molecule has 4 aromatic rings. The summed E-state index contributed by atoms with van der Waals surface area (Å²) in [6.07, 6.45) is 0.725. The Bertz CT molecular complexity index is 1470. The largest absolute Gasteiger partial charge is 0.464 e. The molecule has 0 saturated carbocycles. The van der Waals surface area contributed by atoms with Gasteiger partial charge in [-0.05, 0) is 35.7 Å². The van der Waals surface area contributed by atoms with Gasteiger partial charge in [-0.1, -0.05) is 58.8 Å². The number of methoxy groups -OCH3 is 1. The summed E-state index contributed by atoms with van der Waals surface area (Å²) < 4.78 is 5.85. The number of nitrogens with one attached hydrogen (secondary N) is 1. The fraction of sp³-hybridized carbons (Fsp3) is 0.200. The number of ether oxygens (including phenoxy) is 1. The summed E-state index contributed by atoms with van der Waals surface area (Å²) in [6, 6.07) is 13.5. The first-order chi connectivity index (χ1) is 17.1. The minimum atomic E-state index is -0.581. The summed E-state index contributed by atoms with van der Waals surface area (Å²) in [4.78, 5) is 36.9. The number of carbonyl (C=O) groups is 2. The van der Waals surface area contributed by atoms with E-state index in [1.54, 1.807) is 0 Å². The van der Waals surface area contributed by atoms with E-state index in [2.05, 4.69) is 27.1 Å². The van der Waals surface area contributed by atoms with Crippen molar-refractivity contribution in [1.82, 2.24) is 9.97 Å². The number of hydrogen-bond acceptors (Lipinski definition) is 9. The average molecular weight is 505 g/mol. The highest BCUT2D eigenvalue weighted by Crippen LogP contribution is 2.32. The van der Waals surface area contributed by atoms with Crippen LogP contribution in [0.1, 0.15) is 36.9 Å². The summed E-state index contributed by atoms with van der Waals surface area (Å²) in [6.45, 7) is 0.814. The summed E-state index contributed by atoms with van der Waals surface area (Å²) >= 11 is 2.70. The van der Waals surface area contributed by atoms with E-state index in [4.69, 9.17) is 9.84 Å². The van der Waals surface area contributed by atoms with Gasteiger partial charge in [0.25, 0.3) is 5.91 Å². The van der Waals surface area contributed by atoms with Crippen LogP contribution >= 0.6 is 22.7 Å². The van der Waals surface area contributed by atoms with Gasteiger partial charge < -0.3 is 14.7 Å². The van der Waals surface area contributed by atoms with Gasteiger partial charge in [0, 0.05) is 18.7 Å². The van der Waals surface area contributed by atoms with Crippen LogP contribution in [-0.4, -0.2) is 47.2 Å². The van der Waals surface area contributed by atoms with Gasteiger partial charge in [-0.15, -0.1) is 0 Å². The van der Waals surface area contributed by atoms with Gasteiger partial charge in [-0.2, -0.15) is 0 Å². The van der Waals surface area contributed by atoms with E-state index < -0.39 is 5.97 Å². The number of anilines is 2. The first-order valence-electron chi connectivity index (χ1n) is 10.8. The topological polar surface area (TPSA) is 105 Å². The zero-order valence-electron chi connectivity index (χ0n) is 18.7. The van der Waals surface area contributed by atoms with Crippen molar-refractivity contribution in [2.24, 2.45) is 0 Å². The number of esters is 1. The molecule has 0 atom stereocenters. The summed E-state index contributed by atoms with van der Waals surface area (Å²) in [7, 11) is 1.29. The van der Waals surface area contributed by atoms with E-state index in [1.807, 2.05) is 47.4 Å². The van der Waals surface area contributed by atoms with Crippen LogP contribution in [0.4, 0.5) is 10.3 Å². The summed E-state index contributed by atoms with van der Waals surface area (Å²) in [5.41, 5.74) is 3.57. The molecule has 3 heterocycles. The van der Waals surface area contributed by atoms with Crippen molar-refractivity contribution in [3.8, 4) is 11.8 Å². The van der Waals surface area contributed by atoms with Crippen LogP contribution in [-0.2, 0) is 17.7 Å². The van der Waals surface area contributed by atoms with Crippen LogP contribution in [0.5, 0.6) is 0 Å². The van der Waals surface area contributed by atoms with Gasteiger partial charge in [-0.3, -0.25) is 10.1 Å². The third kappa shape index (κ3) is 4.61. The number of para-hydroxylation sites is 1. The average Bonchev–Trinajstić information content (AvgIpc) is 3.50. The van der Waals surface area contributed by atoms with Gasteiger partial charge >= 0.3 is 5.97 Å². The number of amides is 1. The molecule has 1 aliphatic heterocycles. The predicted molar refractivity (Wildman–Crippen MR) is 136 cm³/mol. The molecule has 5 rings (SSSR count). The minimum Gasteiger partial charge on any atom is -0.464 e. The number of aliphatic hydroxyl groups excluding tert-OH is 1. The molecule has 35 heavy (non-hydrogen) atoms. The lowest BCUT2D eigenvalue weighted by Crippen LogP contribution is -2.32. The molecule has 0 bridgehead atoms. The summed E-state index contributed by atoms with van der Waals surface area (Å²) in [5, 5.41) is 13.2. The zero-order valence-corrected chi connectivity index (χ0v) is 20.3. The molecule has 0 unspecified atom stereocenters. The number of thiazole rings is 2. The molecule has 176 valence electrons. The Morgan fingerprint density at radius 3 is 2.83 bits per heavy atom. The molecule has 1 amide bonds. The second-order valence-corrected chi connectivity index (χ2v) is 9.69. The van der Waals surface area contributed by atoms with Crippen LogP contribution in [0.3, 0.4) is 0 Å². The number of hydrogen-bond donors (Lipinski definition) is 2. The second kappa shape index (κ2) is 9.84. The van der Waals surface area contributed by atoms with Crippen molar-refractivity contribution >= 4 is 55.0 Å². The lowest BCUT2D eigenvalue weighted by molar-refractivity contribution is 0.0594. The standard InChI is InChI=1S/C25H20N4O4S2/c1-33-23(32)21-20(10-5-13-30)35-25(27-21)29-12-11-15-6-4-7-16(17(15)14-29)22(31)28-24-26-18-8-2-3-9-19(18)34-24/h2-4,6-9,30H,11-14H2,1H3,(H,26,28,31). The number of carbonyl (C=O) groups excluding carboxylic acids is 2. The van der Waals surface area contributed by atoms with Crippen molar-refractivity contribution in [2.75, 3.05) is 30.5 Å². The zero-order chi connectivity index (χ0) is 24.4. The van der Waals surface area contributed by atoms with Crippen LogP contribution in [0.15, 0.2) is 42.5 Å². The molecular formula is C25H20N4O4S2. The van der Waals surface area contributed by atoms with E-state index in [9.17, 15) is 9.59 Å². The maximum atomic E-state index is 13.2. The van der Waals surface area contributed by atoms with Crippen LogP contribution in [0, 0.1) is 11.8 Å². The molecule has 0 fully saturated rings. The molecule has 0 radical (unpaired) electrons. The number of rotatable bonds is 4. The van der Waals surface area contributed by atoms with Crippen molar-refractivity contribution in [1.29, 1.82) is 0 Å². The molecule has 0 aliphatic carbocycles. The van der Waals surface area contributed by atoms with E-state index in [1.165, 1.54) is 29.8 Å². The van der Waals surface area contributed by atoms with Gasteiger partial charge in [0.2, 0.25) is 0 Å². The number of benzene rings is 2. The Morgan fingerprint density at radius 2 is 2.03 bits per heavy atom. The van der Waals surface area contributed by atoms with E-state index in [-0.39, 0.29) is 18.2 Å². The highest BCUT2D eigenvalue weighted by atomic mass is 32.1. The molecule has 2 N–H and O–H groups in total. The molecule has 1 aliphatic rings. The third-order valence-corrected chi connectivity index (χ3v) is 7.56. The molecule has 2 aromatic carbocycles. The normalized spacial score (nSPS) is 12.6. The van der Waals surface area contributed by atoms with E-state index >= 15 is 0 Å². The SMILES string of the molecule is COC(=O)c1nc(N2CCc3cccc(C(=O)Nc4nc5ccccc5s4)c3C2)sc1C#CCO.